The Balaban J connectivity index is 2.34. The van der Waals surface area contributed by atoms with Crippen LogP contribution in [0.2, 0.25) is 0 Å². The average Bonchev–Trinajstić information content (AvgIpc) is 2.95. The molecule has 0 saturated carbocycles. The number of β-amino-alcohol motifs (C(OH)–C–C–N with tert-alkyl or cyclic N) is 1. The van der Waals surface area contributed by atoms with Gasteiger partial charge >= 0.3 is 0 Å². The highest BCUT2D eigenvalue weighted by Gasteiger charge is 2.14. The average molecular weight is 341 g/mol. The molecule has 1 amide bonds. The van der Waals surface area contributed by atoms with Crippen LogP contribution in [0, 0.1) is 0 Å². The summed E-state index contributed by atoms with van der Waals surface area (Å²) in [5, 5.41) is 16.3. The van der Waals surface area contributed by atoms with Gasteiger partial charge in [-0.15, -0.1) is 0 Å². The number of thiazole rings is 1. The van der Waals surface area contributed by atoms with Crippen LogP contribution in [0.3, 0.4) is 0 Å². The summed E-state index contributed by atoms with van der Waals surface area (Å²) in [4.78, 5) is 16.4. The van der Waals surface area contributed by atoms with Crippen LogP contribution >= 0.6 is 11.3 Å². The number of hydrogen-bond donors (Lipinski definition) is 3. The van der Waals surface area contributed by atoms with Crippen molar-refractivity contribution in [3.63, 3.8) is 0 Å². The number of carbonyl (C=O) groups is 1. The van der Waals surface area contributed by atoms with Crippen LogP contribution in [0.5, 0.6) is 5.19 Å². The molecule has 0 aromatic carbocycles. The van der Waals surface area contributed by atoms with Gasteiger partial charge in [-0.3, -0.25) is 4.79 Å². The van der Waals surface area contributed by atoms with Gasteiger partial charge in [-0.2, -0.15) is 0 Å². The molecule has 1 heterocycles. The number of nitrogens with one attached hydrogen (secondary N) is 2. The molecule has 1 atom stereocenters. The number of aliphatic hydroxyl groups excluding tert-OH is 1. The number of hydrogen-bond acceptors (Lipinski definition) is 6. The third-order valence-corrected chi connectivity index (χ3v) is 3.72. The second-order valence-corrected chi connectivity index (χ2v) is 7.19. The number of carbonyl (C=O) groups excluding carboxylic acids is 1. The SMILES string of the molecule is C/C=C\CCNC(=O)c1cnc(OCC(O)CNC(C)(C)C)s1. The Bertz CT molecular complexity index is 509. The molecular formula is C16H27N3O3S. The highest BCUT2D eigenvalue weighted by Crippen LogP contribution is 2.20. The summed E-state index contributed by atoms with van der Waals surface area (Å²) in [6.07, 6.45) is 5.61. The number of aliphatic hydroxyl groups is 1. The van der Waals surface area contributed by atoms with E-state index in [1.807, 2.05) is 39.8 Å². The summed E-state index contributed by atoms with van der Waals surface area (Å²) in [6, 6.07) is 0. The van der Waals surface area contributed by atoms with Crippen LogP contribution in [0.4, 0.5) is 0 Å². The van der Waals surface area contributed by atoms with E-state index in [0.29, 0.717) is 23.2 Å². The molecule has 6 nitrogen and oxygen atoms in total. The van der Waals surface area contributed by atoms with E-state index >= 15 is 0 Å². The molecule has 0 saturated heterocycles. The van der Waals surface area contributed by atoms with Gasteiger partial charge < -0.3 is 20.5 Å². The summed E-state index contributed by atoms with van der Waals surface area (Å²) in [5.74, 6) is -0.156. The van der Waals surface area contributed by atoms with Crippen molar-refractivity contribution in [2.24, 2.45) is 0 Å². The fraction of sp³-hybridized carbons (Fsp3) is 0.625. The molecule has 1 aromatic rings. The maximum absolute atomic E-state index is 11.9. The van der Waals surface area contributed by atoms with Crippen molar-refractivity contribution in [3.8, 4) is 5.19 Å². The van der Waals surface area contributed by atoms with Gasteiger partial charge in [0.2, 0.25) is 0 Å². The first kappa shape index (κ1) is 19.6. The zero-order valence-electron chi connectivity index (χ0n) is 14.3. The minimum Gasteiger partial charge on any atom is -0.467 e. The van der Waals surface area contributed by atoms with E-state index < -0.39 is 6.10 Å². The predicted molar refractivity (Wildman–Crippen MR) is 93.1 cm³/mol. The number of nitrogens with zero attached hydrogens (tertiary/aromatic N) is 1. The van der Waals surface area contributed by atoms with Crippen molar-refractivity contribution >= 4 is 17.2 Å². The minimum atomic E-state index is -0.628. The van der Waals surface area contributed by atoms with Gasteiger partial charge in [0.25, 0.3) is 11.1 Å². The molecule has 0 bridgehead atoms. The zero-order chi connectivity index (χ0) is 17.3. The second-order valence-electron chi connectivity index (χ2n) is 6.20. The van der Waals surface area contributed by atoms with Crippen LogP contribution in [0.15, 0.2) is 18.3 Å². The number of ether oxygens (including phenoxy) is 1. The normalized spacial score (nSPS) is 13.3. The molecule has 1 unspecified atom stereocenters. The molecule has 3 N–H and O–H groups in total. The Labute approximate surface area is 142 Å². The summed E-state index contributed by atoms with van der Waals surface area (Å²) in [7, 11) is 0. The van der Waals surface area contributed by atoms with Crippen LogP contribution in [-0.2, 0) is 0 Å². The fourth-order valence-electron chi connectivity index (χ4n) is 1.60. The first-order valence-electron chi connectivity index (χ1n) is 7.73. The smallest absolute Gasteiger partial charge is 0.273 e. The van der Waals surface area contributed by atoms with Gasteiger partial charge in [0.05, 0.1) is 6.20 Å². The molecule has 7 heteroatoms. The van der Waals surface area contributed by atoms with Gasteiger partial charge in [0, 0.05) is 18.6 Å². The van der Waals surface area contributed by atoms with E-state index in [1.165, 1.54) is 17.5 Å². The van der Waals surface area contributed by atoms with Crippen molar-refractivity contribution < 1.29 is 14.6 Å². The van der Waals surface area contributed by atoms with Crippen LogP contribution in [0.25, 0.3) is 0 Å². The lowest BCUT2D eigenvalue weighted by Gasteiger charge is -2.22. The Hall–Kier alpha value is -1.44. The Kier molecular flexibility index (Phi) is 8.22. The summed E-state index contributed by atoms with van der Waals surface area (Å²) in [6.45, 7) is 9.20. The summed E-state index contributed by atoms with van der Waals surface area (Å²) >= 11 is 1.18. The quantitative estimate of drug-likeness (QED) is 0.472. The molecular weight excluding hydrogens is 314 g/mol. The first-order chi connectivity index (χ1) is 10.8. The highest BCUT2D eigenvalue weighted by atomic mass is 32.1. The van der Waals surface area contributed by atoms with E-state index in [1.54, 1.807) is 0 Å². The van der Waals surface area contributed by atoms with Crippen molar-refractivity contribution in [2.75, 3.05) is 19.7 Å². The van der Waals surface area contributed by atoms with E-state index in [-0.39, 0.29) is 18.1 Å². The second kappa shape index (κ2) is 9.64. The van der Waals surface area contributed by atoms with Crippen molar-refractivity contribution in [2.45, 2.75) is 45.8 Å². The van der Waals surface area contributed by atoms with Crippen LogP contribution in [0.1, 0.15) is 43.8 Å². The monoisotopic (exact) mass is 341 g/mol. The number of rotatable bonds is 9. The lowest BCUT2D eigenvalue weighted by Crippen LogP contribution is -2.42. The zero-order valence-corrected chi connectivity index (χ0v) is 15.1. The van der Waals surface area contributed by atoms with Gasteiger partial charge in [0.15, 0.2) is 0 Å². The van der Waals surface area contributed by atoms with E-state index in [4.69, 9.17) is 4.74 Å². The van der Waals surface area contributed by atoms with Crippen LogP contribution < -0.4 is 15.4 Å². The number of aromatic nitrogens is 1. The van der Waals surface area contributed by atoms with Gasteiger partial charge in [-0.25, -0.2) is 4.98 Å². The van der Waals surface area contributed by atoms with Crippen molar-refractivity contribution in [1.82, 2.24) is 15.6 Å². The first-order valence-corrected chi connectivity index (χ1v) is 8.54. The molecule has 0 radical (unpaired) electrons. The largest absolute Gasteiger partial charge is 0.467 e. The van der Waals surface area contributed by atoms with Gasteiger partial charge in [-0.05, 0) is 34.1 Å². The van der Waals surface area contributed by atoms with E-state index in [2.05, 4.69) is 15.6 Å². The molecule has 0 spiro atoms. The van der Waals surface area contributed by atoms with E-state index in [0.717, 1.165) is 6.42 Å². The Morgan fingerprint density at radius 1 is 1.52 bits per heavy atom. The lowest BCUT2D eigenvalue weighted by atomic mass is 10.1. The third kappa shape index (κ3) is 8.68. The lowest BCUT2D eigenvalue weighted by molar-refractivity contribution is 0.0958. The summed E-state index contributed by atoms with van der Waals surface area (Å²) < 4.78 is 5.43. The molecule has 0 fully saturated rings. The maximum atomic E-state index is 11.9. The molecule has 0 aliphatic rings. The third-order valence-electron chi connectivity index (χ3n) is 2.81. The van der Waals surface area contributed by atoms with Crippen molar-refractivity contribution in [3.05, 3.63) is 23.2 Å². The Morgan fingerprint density at radius 2 is 2.26 bits per heavy atom. The molecule has 0 aliphatic carbocycles. The molecule has 1 aromatic heterocycles. The topological polar surface area (TPSA) is 83.5 Å². The van der Waals surface area contributed by atoms with Gasteiger partial charge in [0.1, 0.15) is 17.6 Å². The number of allylic oxidation sites excluding steroid dienone is 1. The molecule has 23 heavy (non-hydrogen) atoms. The number of amides is 1. The molecule has 130 valence electrons. The van der Waals surface area contributed by atoms with Crippen LogP contribution in [-0.4, -0.2) is 47.3 Å². The minimum absolute atomic E-state index is 0.0552. The Morgan fingerprint density at radius 3 is 2.91 bits per heavy atom. The fourth-order valence-corrected chi connectivity index (χ4v) is 2.29. The standard InChI is InChI=1S/C16H27N3O3S/c1-5-6-7-8-17-14(21)13-10-18-15(23-13)22-11-12(20)9-19-16(2,3)4/h5-6,10,12,19-20H,7-9,11H2,1-4H3,(H,17,21)/b6-5-. The molecule has 0 aliphatic heterocycles. The van der Waals surface area contributed by atoms with E-state index in [9.17, 15) is 9.90 Å². The molecule has 1 rings (SSSR count). The van der Waals surface area contributed by atoms with Crippen molar-refractivity contribution in [1.29, 1.82) is 0 Å². The highest BCUT2D eigenvalue weighted by molar-refractivity contribution is 7.15. The summed E-state index contributed by atoms with van der Waals surface area (Å²) in [5.41, 5.74) is -0.0552. The predicted octanol–water partition coefficient (Wildman–Crippen LogP) is 1.97. The van der Waals surface area contributed by atoms with Gasteiger partial charge in [-0.1, -0.05) is 23.5 Å². The maximum Gasteiger partial charge on any atom is 0.273 e.